The highest BCUT2D eigenvalue weighted by atomic mass is 16.6. The Morgan fingerprint density at radius 2 is 1.91 bits per heavy atom. The lowest BCUT2D eigenvalue weighted by Crippen LogP contribution is -2.59. The fourth-order valence-corrected chi connectivity index (χ4v) is 3.33. The molecule has 0 spiro atoms. The predicted molar refractivity (Wildman–Crippen MR) is 84.9 cm³/mol. The molecule has 2 atom stereocenters. The quantitative estimate of drug-likeness (QED) is 0.867. The molecule has 1 heterocycles. The molecule has 23 heavy (non-hydrogen) atoms. The van der Waals surface area contributed by atoms with E-state index in [4.69, 9.17) is 9.47 Å². The summed E-state index contributed by atoms with van der Waals surface area (Å²) in [6.07, 6.45) is 4.16. The summed E-state index contributed by atoms with van der Waals surface area (Å²) in [5.74, 6) is 0.267. The molecule has 1 aliphatic heterocycles. The highest BCUT2D eigenvalue weighted by molar-refractivity contribution is 5.86. The van der Waals surface area contributed by atoms with Gasteiger partial charge >= 0.3 is 12.1 Å². The minimum absolute atomic E-state index is 0.0478. The third kappa shape index (κ3) is 4.03. The third-order valence-corrected chi connectivity index (χ3v) is 4.73. The summed E-state index contributed by atoms with van der Waals surface area (Å²) >= 11 is 0. The Morgan fingerprint density at radius 3 is 2.52 bits per heavy atom. The molecule has 124 valence electrons. The lowest BCUT2D eigenvalue weighted by Gasteiger charge is -2.33. The zero-order chi connectivity index (χ0) is 16.2. The van der Waals surface area contributed by atoms with Crippen LogP contribution in [-0.2, 0) is 20.7 Å². The van der Waals surface area contributed by atoms with Gasteiger partial charge in [0.05, 0.1) is 0 Å². The predicted octanol–water partition coefficient (Wildman–Crippen LogP) is 2.83. The van der Waals surface area contributed by atoms with Crippen LogP contribution in [0.5, 0.6) is 0 Å². The first kappa shape index (κ1) is 15.8. The number of amides is 1. The molecule has 1 aromatic rings. The van der Waals surface area contributed by atoms with Crippen molar-refractivity contribution in [1.29, 1.82) is 0 Å². The Bertz CT molecular complexity index is 551. The van der Waals surface area contributed by atoms with Gasteiger partial charge in [-0.1, -0.05) is 30.3 Å². The molecule has 2 aliphatic rings. The number of alkyl carbamates (subject to hydrolysis) is 1. The van der Waals surface area contributed by atoms with E-state index < -0.39 is 12.1 Å². The van der Waals surface area contributed by atoms with Crippen molar-refractivity contribution in [2.75, 3.05) is 0 Å². The number of benzene rings is 1. The maximum atomic E-state index is 11.8. The minimum Gasteiger partial charge on any atom is -0.458 e. The van der Waals surface area contributed by atoms with Gasteiger partial charge in [0.25, 0.3) is 0 Å². The van der Waals surface area contributed by atoms with E-state index in [1.165, 1.54) is 5.56 Å². The van der Waals surface area contributed by atoms with Crippen molar-refractivity contribution in [3.63, 3.8) is 0 Å². The van der Waals surface area contributed by atoms with E-state index in [-0.39, 0.29) is 18.2 Å². The molecule has 1 saturated heterocycles. The normalized spacial score (nSPS) is 30.0. The summed E-state index contributed by atoms with van der Waals surface area (Å²) in [6, 6.07) is 9.94. The Labute approximate surface area is 136 Å². The largest absolute Gasteiger partial charge is 0.458 e. The van der Waals surface area contributed by atoms with Crippen molar-refractivity contribution in [1.82, 2.24) is 5.32 Å². The molecule has 1 amide bonds. The standard InChI is InChI=1S/C18H23NO4/c1-12-16(17(20)22-12)19-18(21)23-15-9-7-14(8-10-15)11-13-5-3-2-4-6-13/h2-6,12,14-16H,7-11H2,1H3,(H,19,21)/t12-,14-,15-,16+/m0/s1. The molecule has 3 rings (SSSR count). The minimum atomic E-state index is -0.558. The van der Waals surface area contributed by atoms with Crippen LogP contribution >= 0.6 is 0 Å². The van der Waals surface area contributed by atoms with Crippen LogP contribution in [0.15, 0.2) is 30.3 Å². The summed E-state index contributed by atoms with van der Waals surface area (Å²) in [6.45, 7) is 1.75. The number of ether oxygens (including phenoxy) is 2. The van der Waals surface area contributed by atoms with E-state index in [1.807, 2.05) is 6.07 Å². The number of hydrogen-bond acceptors (Lipinski definition) is 4. The van der Waals surface area contributed by atoms with Crippen LogP contribution in [0, 0.1) is 5.92 Å². The molecule has 1 saturated carbocycles. The van der Waals surface area contributed by atoms with Crippen molar-refractivity contribution in [2.24, 2.45) is 5.92 Å². The maximum Gasteiger partial charge on any atom is 0.408 e. The van der Waals surface area contributed by atoms with Gasteiger partial charge in [0.1, 0.15) is 12.2 Å². The summed E-state index contributed by atoms with van der Waals surface area (Å²) in [7, 11) is 0. The van der Waals surface area contributed by atoms with E-state index in [9.17, 15) is 9.59 Å². The molecule has 1 N–H and O–H groups in total. The average Bonchev–Trinajstić information content (AvgIpc) is 2.56. The second-order valence-electron chi connectivity index (χ2n) is 6.50. The topological polar surface area (TPSA) is 64.6 Å². The molecule has 0 radical (unpaired) electrons. The summed E-state index contributed by atoms with van der Waals surface area (Å²) < 4.78 is 10.2. The molecule has 1 aromatic carbocycles. The summed E-state index contributed by atoms with van der Waals surface area (Å²) in [5, 5.41) is 2.58. The number of rotatable bonds is 4. The molecule has 2 fully saturated rings. The molecule has 0 bridgehead atoms. The molecular formula is C18H23NO4. The number of esters is 1. The Kier molecular flexibility index (Phi) is 4.84. The van der Waals surface area contributed by atoms with Crippen LogP contribution < -0.4 is 5.32 Å². The average molecular weight is 317 g/mol. The zero-order valence-electron chi connectivity index (χ0n) is 13.4. The van der Waals surface area contributed by atoms with Gasteiger partial charge in [-0.05, 0) is 50.5 Å². The van der Waals surface area contributed by atoms with Crippen LogP contribution in [0.1, 0.15) is 38.2 Å². The number of carbonyl (C=O) groups is 2. The van der Waals surface area contributed by atoms with Crippen LogP contribution in [0.25, 0.3) is 0 Å². The second kappa shape index (κ2) is 7.02. The van der Waals surface area contributed by atoms with Gasteiger partial charge in [0.2, 0.25) is 0 Å². The maximum absolute atomic E-state index is 11.8. The first-order valence-electron chi connectivity index (χ1n) is 8.33. The number of hydrogen-bond donors (Lipinski definition) is 1. The molecule has 5 heteroatoms. The van der Waals surface area contributed by atoms with E-state index in [0.29, 0.717) is 5.92 Å². The molecule has 0 aromatic heterocycles. The van der Waals surface area contributed by atoms with Crippen molar-refractivity contribution in [3.05, 3.63) is 35.9 Å². The summed E-state index contributed by atoms with van der Waals surface area (Å²) in [4.78, 5) is 23.0. The molecule has 0 unspecified atom stereocenters. The molecule has 5 nitrogen and oxygen atoms in total. The van der Waals surface area contributed by atoms with Crippen molar-refractivity contribution >= 4 is 12.1 Å². The van der Waals surface area contributed by atoms with Gasteiger partial charge in [-0.25, -0.2) is 9.59 Å². The van der Waals surface area contributed by atoms with Gasteiger partial charge in [-0.2, -0.15) is 0 Å². The first-order valence-corrected chi connectivity index (χ1v) is 8.33. The Hall–Kier alpha value is -2.04. The van der Waals surface area contributed by atoms with E-state index in [1.54, 1.807) is 6.92 Å². The molecule has 1 aliphatic carbocycles. The zero-order valence-corrected chi connectivity index (χ0v) is 13.4. The summed E-state index contributed by atoms with van der Waals surface area (Å²) in [5.41, 5.74) is 1.37. The van der Waals surface area contributed by atoms with Gasteiger partial charge in [0, 0.05) is 0 Å². The van der Waals surface area contributed by atoms with E-state index in [2.05, 4.69) is 29.6 Å². The lowest BCUT2D eigenvalue weighted by molar-refractivity contribution is -0.174. The number of nitrogens with one attached hydrogen (secondary N) is 1. The van der Waals surface area contributed by atoms with Gasteiger partial charge < -0.3 is 14.8 Å². The van der Waals surface area contributed by atoms with E-state index in [0.717, 1.165) is 32.1 Å². The third-order valence-electron chi connectivity index (χ3n) is 4.73. The van der Waals surface area contributed by atoms with Gasteiger partial charge in [-0.3, -0.25) is 0 Å². The fourth-order valence-electron chi connectivity index (χ4n) is 3.33. The highest BCUT2D eigenvalue weighted by Crippen LogP contribution is 2.29. The van der Waals surface area contributed by atoms with Gasteiger partial charge in [-0.15, -0.1) is 0 Å². The molecular weight excluding hydrogens is 294 g/mol. The van der Waals surface area contributed by atoms with E-state index >= 15 is 0 Å². The fraction of sp³-hybridized carbons (Fsp3) is 0.556. The SMILES string of the molecule is C[C@@H]1OC(=O)[C@@H]1NC(=O)O[C@H]1CC[C@H](Cc2ccccc2)CC1. The van der Waals surface area contributed by atoms with Crippen LogP contribution in [-0.4, -0.2) is 30.3 Å². The van der Waals surface area contributed by atoms with Crippen LogP contribution in [0.2, 0.25) is 0 Å². The smallest absolute Gasteiger partial charge is 0.408 e. The van der Waals surface area contributed by atoms with Crippen molar-refractivity contribution in [3.8, 4) is 0 Å². The number of carbonyl (C=O) groups excluding carboxylic acids is 2. The van der Waals surface area contributed by atoms with Crippen LogP contribution in [0.3, 0.4) is 0 Å². The van der Waals surface area contributed by atoms with Gasteiger partial charge in [0.15, 0.2) is 6.04 Å². The van der Waals surface area contributed by atoms with Crippen LogP contribution in [0.4, 0.5) is 4.79 Å². The lowest BCUT2D eigenvalue weighted by atomic mass is 9.83. The first-order chi connectivity index (χ1) is 11.1. The van der Waals surface area contributed by atoms with Crippen molar-refractivity contribution in [2.45, 2.75) is 57.3 Å². The second-order valence-corrected chi connectivity index (χ2v) is 6.50. The highest BCUT2D eigenvalue weighted by Gasteiger charge is 2.41. The number of cyclic esters (lactones) is 1. The monoisotopic (exact) mass is 317 g/mol. The van der Waals surface area contributed by atoms with Crippen molar-refractivity contribution < 1.29 is 19.1 Å². The Balaban J connectivity index is 1.39. The Morgan fingerprint density at radius 1 is 1.22 bits per heavy atom.